The lowest BCUT2D eigenvalue weighted by Gasteiger charge is -2.09. The summed E-state index contributed by atoms with van der Waals surface area (Å²) in [5, 5.41) is 0.829. The normalized spacial score (nSPS) is 12.3. The second-order valence-corrected chi connectivity index (χ2v) is 7.16. The van der Waals surface area contributed by atoms with Crippen LogP contribution >= 0.6 is 11.8 Å². The van der Waals surface area contributed by atoms with Gasteiger partial charge in [0.05, 0.1) is 6.61 Å². The van der Waals surface area contributed by atoms with Crippen molar-refractivity contribution in [2.45, 2.75) is 30.5 Å². The summed E-state index contributed by atoms with van der Waals surface area (Å²) in [5.74, 6) is -0.441. The number of ether oxygens (including phenoxy) is 1. The van der Waals surface area contributed by atoms with Crippen LogP contribution in [0.15, 0.2) is 59.6 Å². The SMILES string of the molecule is CCOC(=O)C(C)Sc1cn(Cc2ccc(F)cc2)c2ccccc12. The minimum absolute atomic E-state index is 0.206. The zero-order valence-corrected chi connectivity index (χ0v) is 15.1. The zero-order chi connectivity index (χ0) is 17.8. The fourth-order valence-corrected chi connectivity index (χ4v) is 3.76. The van der Waals surface area contributed by atoms with E-state index in [1.54, 1.807) is 12.1 Å². The van der Waals surface area contributed by atoms with E-state index in [1.165, 1.54) is 23.9 Å². The monoisotopic (exact) mass is 357 g/mol. The van der Waals surface area contributed by atoms with Crippen molar-refractivity contribution in [3.63, 3.8) is 0 Å². The van der Waals surface area contributed by atoms with Gasteiger partial charge in [0.2, 0.25) is 0 Å². The molecule has 1 unspecified atom stereocenters. The molecule has 0 saturated carbocycles. The summed E-state index contributed by atoms with van der Waals surface area (Å²) in [6, 6.07) is 14.6. The molecule has 1 aromatic heterocycles. The lowest BCUT2D eigenvalue weighted by Crippen LogP contribution is -2.16. The van der Waals surface area contributed by atoms with E-state index >= 15 is 0 Å². The van der Waals surface area contributed by atoms with Crippen LogP contribution in [0.1, 0.15) is 19.4 Å². The van der Waals surface area contributed by atoms with Crippen LogP contribution in [0.4, 0.5) is 4.39 Å². The van der Waals surface area contributed by atoms with Crippen LogP contribution in [-0.4, -0.2) is 22.4 Å². The van der Waals surface area contributed by atoms with Gasteiger partial charge in [0, 0.05) is 28.5 Å². The minimum atomic E-state index is -0.273. The standard InChI is InChI=1S/C20H20FNO2S/c1-3-24-20(23)14(2)25-19-13-22(18-7-5-4-6-17(18)19)12-15-8-10-16(21)11-9-15/h4-11,13-14H,3,12H2,1-2H3. The molecule has 1 atom stereocenters. The van der Waals surface area contributed by atoms with Gasteiger partial charge in [-0.2, -0.15) is 0 Å². The molecule has 0 spiro atoms. The maximum absolute atomic E-state index is 13.1. The van der Waals surface area contributed by atoms with E-state index in [-0.39, 0.29) is 17.0 Å². The van der Waals surface area contributed by atoms with Crippen molar-refractivity contribution >= 4 is 28.6 Å². The molecule has 0 aliphatic heterocycles. The van der Waals surface area contributed by atoms with Crippen LogP contribution in [-0.2, 0) is 16.1 Å². The van der Waals surface area contributed by atoms with Crippen LogP contribution in [0.2, 0.25) is 0 Å². The summed E-state index contributed by atoms with van der Waals surface area (Å²) in [6.45, 7) is 4.70. The van der Waals surface area contributed by atoms with Gasteiger partial charge in [-0.1, -0.05) is 30.3 Å². The van der Waals surface area contributed by atoms with Crippen LogP contribution < -0.4 is 0 Å². The Hall–Kier alpha value is -2.27. The Morgan fingerprint density at radius 3 is 2.64 bits per heavy atom. The van der Waals surface area contributed by atoms with E-state index in [4.69, 9.17) is 4.74 Å². The third kappa shape index (κ3) is 4.04. The Bertz CT molecular complexity index is 873. The van der Waals surface area contributed by atoms with E-state index in [0.29, 0.717) is 13.2 Å². The second kappa shape index (κ2) is 7.74. The molecule has 1 heterocycles. The molecule has 0 fully saturated rings. The summed E-state index contributed by atoms with van der Waals surface area (Å²) in [6.07, 6.45) is 2.05. The first-order valence-corrected chi connectivity index (χ1v) is 9.12. The maximum Gasteiger partial charge on any atom is 0.319 e. The molecule has 3 nitrogen and oxygen atoms in total. The van der Waals surface area contributed by atoms with Gasteiger partial charge in [0.1, 0.15) is 11.1 Å². The fraction of sp³-hybridized carbons (Fsp3) is 0.250. The molecule has 0 N–H and O–H groups in total. The summed E-state index contributed by atoms with van der Waals surface area (Å²) >= 11 is 1.50. The van der Waals surface area contributed by atoms with Crippen molar-refractivity contribution in [3.8, 4) is 0 Å². The van der Waals surface area contributed by atoms with Gasteiger partial charge in [-0.25, -0.2) is 4.39 Å². The van der Waals surface area contributed by atoms with E-state index in [9.17, 15) is 9.18 Å². The molecule has 25 heavy (non-hydrogen) atoms. The molecule has 5 heteroatoms. The summed E-state index contributed by atoms with van der Waals surface area (Å²) in [7, 11) is 0. The number of para-hydroxylation sites is 1. The summed E-state index contributed by atoms with van der Waals surface area (Å²) < 4.78 is 20.3. The molecule has 0 bridgehead atoms. The first-order chi connectivity index (χ1) is 12.1. The number of benzene rings is 2. The van der Waals surface area contributed by atoms with Gasteiger partial charge in [0.25, 0.3) is 0 Å². The van der Waals surface area contributed by atoms with Crippen LogP contribution in [0.5, 0.6) is 0 Å². The highest BCUT2D eigenvalue weighted by Gasteiger charge is 2.18. The van der Waals surface area contributed by atoms with E-state index in [1.807, 2.05) is 26.0 Å². The molecular formula is C20H20FNO2S. The first-order valence-electron chi connectivity index (χ1n) is 8.24. The molecule has 0 radical (unpaired) electrons. The topological polar surface area (TPSA) is 31.2 Å². The Kier molecular flexibility index (Phi) is 5.43. The van der Waals surface area contributed by atoms with Gasteiger partial charge in [-0.15, -0.1) is 11.8 Å². The number of fused-ring (bicyclic) bond motifs is 1. The van der Waals surface area contributed by atoms with Crippen LogP contribution in [0, 0.1) is 5.82 Å². The minimum Gasteiger partial charge on any atom is -0.465 e. The Morgan fingerprint density at radius 1 is 1.20 bits per heavy atom. The number of carbonyl (C=O) groups excluding carboxylic acids is 1. The van der Waals surface area contributed by atoms with Crippen molar-refractivity contribution in [2.75, 3.05) is 6.61 Å². The fourth-order valence-electron chi connectivity index (χ4n) is 2.72. The van der Waals surface area contributed by atoms with E-state index < -0.39 is 0 Å². The number of halogens is 1. The average Bonchev–Trinajstić information content (AvgIpc) is 2.95. The average molecular weight is 357 g/mol. The third-order valence-electron chi connectivity index (χ3n) is 3.94. The van der Waals surface area contributed by atoms with E-state index in [2.05, 4.69) is 22.9 Å². The molecule has 2 aromatic carbocycles. The second-order valence-electron chi connectivity index (χ2n) is 5.78. The highest BCUT2D eigenvalue weighted by Crippen LogP contribution is 2.33. The van der Waals surface area contributed by atoms with Crippen molar-refractivity contribution in [1.29, 1.82) is 0 Å². The lowest BCUT2D eigenvalue weighted by atomic mass is 10.2. The lowest BCUT2D eigenvalue weighted by molar-refractivity contribution is -0.142. The quantitative estimate of drug-likeness (QED) is 0.466. The number of rotatable bonds is 6. The van der Waals surface area contributed by atoms with Crippen molar-refractivity contribution < 1.29 is 13.9 Å². The number of thioether (sulfide) groups is 1. The number of hydrogen-bond donors (Lipinski definition) is 0. The molecule has 3 aromatic rings. The van der Waals surface area contributed by atoms with Crippen molar-refractivity contribution in [3.05, 3.63) is 66.1 Å². The first kappa shape index (κ1) is 17.5. The third-order valence-corrected chi connectivity index (χ3v) is 5.07. The Balaban J connectivity index is 1.90. The zero-order valence-electron chi connectivity index (χ0n) is 14.2. The van der Waals surface area contributed by atoms with E-state index in [0.717, 1.165) is 21.4 Å². The van der Waals surface area contributed by atoms with Gasteiger partial charge >= 0.3 is 5.97 Å². The maximum atomic E-state index is 13.1. The van der Waals surface area contributed by atoms with Gasteiger partial charge in [-0.05, 0) is 37.6 Å². The number of carbonyl (C=O) groups is 1. The smallest absolute Gasteiger partial charge is 0.319 e. The van der Waals surface area contributed by atoms with Crippen LogP contribution in [0.25, 0.3) is 10.9 Å². The molecular weight excluding hydrogens is 337 g/mol. The molecule has 0 saturated heterocycles. The largest absolute Gasteiger partial charge is 0.465 e. The molecule has 0 aliphatic rings. The van der Waals surface area contributed by atoms with Gasteiger partial charge in [0.15, 0.2) is 0 Å². The number of nitrogens with zero attached hydrogens (tertiary/aromatic N) is 1. The van der Waals surface area contributed by atoms with Gasteiger partial charge < -0.3 is 9.30 Å². The Morgan fingerprint density at radius 2 is 1.92 bits per heavy atom. The van der Waals surface area contributed by atoms with Gasteiger partial charge in [-0.3, -0.25) is 4.79 Å². The predicted molar refractivity (Wildman–Crippen MR) is 99.4 cm³/mol. The molecule has 0 amide bonds. The number of hydrogen-bond acceptors (Lipinski definition) is 3. The summed E-state index contributed by atoms with van der Waals surface area (Å²) in [4.78, 5) is 13.0. The van der Waals surface area contributed by atoms with Crippen LogP contribution in [0.3, 0.4) is 0 Å². The highest BCUT2D eigenvalue weighted by molar-refractivity contribution is 8.00. The predicted octanol–water partition coefficient (Wildman–Crippen LogP) is 4.87. The summed E-state index contributed by atoms with van der Waals surface area (Å²) in [5.41, 5.74) is 2.11. The molecule has 130 valence electrons. The Labute approximate surface area is 150 Å². The number of esters is 1. The molecule has 0 aliphatic carbocycles. The number of aromatic nitrogens is 1. The van der Waals surface area contributed by atoms with Crippen molar-refractivity contribution in [2.24, 2.45) is 0 Å². The highest BCUT2D eigenvalue weighted by atomic mass is 32.2. The van der Waals surface area contributed by atoms with Crippen molar-refractivity contribution in [1.82, 2.24) is 4.57 Å². The molecule has 3 rings (SSSR count).